The van der Waals surface area contributed by atoms with E-state index in [-0.39, 0.29) is 29.1 Å². The third-order valence-electron chi connectivity index (χ3n) is 4.62. The lowest BCUT2D eigenvalue weighted by Crippen LogP contribution is -2.19. The number of nitrogens with one attached hydrogen (secondary N) is 2. The number of H-pyrrole nitrogens is 1. The molecule has 2 aromatic heterocycles. The predicted octanol–water partition coefficient (Wildman–Crippen LogP) is 2.85. The van der Waals surface area contributed by atoms with E-state index in [0.29, 0.717) is 28.6 Å². The number of amides is 1. The van der Waals surface area contributed by atoms with E-state index in [1.165, 1.54) is 0 Å². The lowest BCUT2D eigenvalue weighted by atomic mass is 10.1. The summed E-state index contributed by atoms with van der Waals surface area (Å²) in [6.07, 6.45) is 0.483. The van der Waals surface area contributed by atoms with Crippen LogP contribution >= 0.6 is 11.6 Å². The topological polar surface area (TPSA) is 110 Å². The maximum absolute atomic E-state index is 12.7. The molecule has 0 bridgehead atoms. The Balaban J connectivity index is 1.54. The van der Waals surface area contributed by atoms with Gasteiger partial charge in [0.05, 0.1) is 28.9 Å². The van der Waals surface area contributed by atoms with E-state index in [1.807, 2.05) is 12.1 Å². The number of aryl methyl sites for hydroxylation is 1. The van der Waals surface area contributed by atoms with Crippen molar-refractivity contribution in [2.45, 2.75) is 19.4 Å². The molecular formula is C18H18ClN5O3S. The zero-order valence-corrected chi connectivity index (χ0v) is 16.6. The predicted molar refractivity (Wildman–Crippen MR) is 106 cm³/mol. The molecule has 1 aliphatic heterocycles. The second kappa shape index (κ2) is 7.06. The van der Waals surface area contributed by atoms with Crippen LogP contribution in [0.2, 0.25) is 5.02 Å². The van der Waals surface area contributed by atoms with Gasteiger partial charge in [0.15, 0.2) is 9.84 Å². The number of aromatic amines is 1. The van der Waals surface area contributed by atoms with Crippen LogP contribution < -0.4 is 5.32 Å². The minimum absolute atomic E-state index is 0.0295. The summed E-state index contributed by atoms with van der Waals surface area (Å²) in [4.78, 5) is 12.7. The third-order valence-corrected chi connectivity index (χ3v) is 6.62. The van der Waals surface area contributed by atoms with Crippen LogP contribution in [0.1, 0.15) is 28.6 Å². The molecule has 1 fully saturated rings. The van der Waals surface area contributed by atoms with Gasteiger partial charge in [0.2, 0.25) is 0 Å². The van der Waals surface area contributed by atoms with Crippen molar-refractivity contribution in [1.29, 1.82) is 0 Å². The molecule has 10 heteroatoms. The van der Waals surface area contributed by atoms with E-state index in [1.54, 1.807) is 35.9 Å². The maximum atomic E-state index is 12.7. The summed E-state index contributed by atoms with van der Waals surface area (Å²) in [5.41, 5.74) is 2.44. The largest absolute Gasteiger partial charge is 0.305 e. The van der Waals surface area contributed by atoms with Crippen LogP contribution in [0.5, 0.6) is 0 Å². The second-order valence-electron chi connectivity index (χ2n) is 6.80. The monoisotopic (exact) mass is 419 g/mol. The van der Waals surface area contributed by atoms with E-state index >= 15 is 0 Å². The molecule has 28 heavy (non-hydrogen) atoms. The number of carbonyl (C=O) groups excluding carboxylic acids is 1. The number of halogens is 1. The Morgan fingerprint density at radius 1 is 1.29 bits per heavy atom. The number of hydrogen-bond donors (Lipinski definition) is 2. The number of nitrogens with zero attached hydrogens (tertiary/aromatic N) is 3. The van der Waals surface area contributed by atoms with Crippen LogP contribution in [0, 0.1) is 6.92 Å². The zero-order chi connectivity index (χ0) is 19.9. The number of carbonyl (C=O) groups is 1. The number of aromatic nitrogens is 4. The molecule has 3 heterocycles. The van der Waals surface area contributed by atoms with Gasteiger partial charge in [-0.3, -0.25) is 9.89 Å². The second-order valence-corrected chi connectivity index (χ2v) is 9.47. The Kier molecular flexibility index (Phi) is 4.72. The van der Waals surface area contributed by atoms with Gasteiger partial charge in [0.25, 0.3) is 5.91 Å². The van der Waals surface area contributed by atoms with E-state index in [4.69, 9.17) is 11.6 Å². The van der Waals surface area contributed by atoms with Crippen molar-refractivity contribution in [1.82, 2.24) is 20.0 Å². The average molecular weight is 420 g/mol. The number of sulfone groups is 1. The summed E-state index contributed by atoms with van der Waals surface area (Å²) >= 11 is 5.90. The molecule has 1 atom stereocenters. The fourth-order valence-corrected chi connectivity index (χ4v) is 5.06. The molecule has 1 aliphatic rings. The summed E-state index contributed by atoms with van der Waals surface area (Å²) in [7, 11) is -3.06. The minimum atomic E-state index is -3.06. The fourth-order valence-electron chi connectivity index (χ4n) is 3.25. The van der Waals surface area contributed by atoms with Gasteiger partial charge in [0, 0.05) is 16.7 Å². The van der Waals surface area contributed by atoms with Crippen LogP contribution in [0.15, 0.2) is 36.4 Å². The Bertz CT molecular complexity index is 1130. The van der Waals surface area contributed by atoms with E-state index in [9.17, 15) is 13.2 Å². The lowest BCUT2D eigenvalue weighted by molar-refractivity contribution is 0.102. The fraction of sp³-hybridized carbons (Fsp3) is 0.278. The SMILES string of the molecule is Cc1cc(NC(=O)c2cc(-c3ccc(Cl)cc3)n[nH]2)n([C@H]2CCS(=O)(=O)C2)n1. The normalized spacial score (nSPS) is 18.3. The molecule has 0 unspecified atom stereocenters. The van der Waals surface area contributed by atoms with E-state index < -0.39 is 9.84 Å². The summed E-state index contributed by atoms with van der Waals surface area (Å²) in [5.74, 6) is 0.249. The maximum Gasteiger partial charge on any atom is 0.274 e. The summed E-state index contributed by atoms with van der Waals surface area (Å²) in [6, 6.07) is 10.2. The Morgan fingerprint density at radius 3 is 2.71 bits per heavy atom. The molecule has 1 amide bonds. The third kappa shape index (κ3) is 3.81. The smallest absolute Gasteiger partial charge is 0.274 e. The highest BCUT2D eigenvalue weighted by molar-refractivity contribution is 7.91. The Morgan fingerprint density at radius 2 is 2.04 bits per heavy atom. The highest BCUT2D eigenvalue weighted by Crippen LogP contribution is 2.27. The summed E-state index contributed by atoms with van der Waals surface area (Å²) in [6.45, 7) is 1.80. The Hall–Kier alpha value is -2.65. The van der Waals surface area contributed by atoms with Gasteiger partial charge >= 0.3 is 0 Å². The van der Waals surface area contributed by atoms with Crippen molar-refractivity contribution in [2.75, 3.05) is 16.8 Å². The molecular weight excluding hydrogens is 402 g/mol. The first-order valence-corrected chi connectivity index (χ1v) is 10.9. The summed E-state index contributed by atoms with van der Waals surface area (Å²) < 4.78 is 25.2. The molecule has 3 aromatic rings. The van der Waals surface area contributed by atoms with Crippen molar-refractivity contribution in [3.05, 3.63) is 52.8 Å². The number of anilines is 1. The molecule has 1 aromatic carbocycles. The first-order chi connectivity index (χ1) is 13.3. The van der Waals surface area contributed by atoms with Gasteiger partial charge < -0.3 is 5.32 Å². The van der Waals surface area contributed by atoms with Gasteiger partial charge in [-0.2, -0.15) is 10.2 Å². The van der Waals surface area contributed by atoms with Crippen molar-refractivity contribution in [3.8, 4) is 11.3 Å². The van der Waals surface area contributed by atoms with Gasteiger partial charge in [-0.1, -0.05) is 23.7 Å². The minimum Gasteiger partial charge on any atom is -0.305 e. The first kappa shape index (κ1) is 18.7. The van der Waals surface area contributed by atoms with E-state index in [0.717, 1.165) is 5.56 Å². The van der Waals surface area contributed by atoms with Gasteiger partial charge in [-0.15, -0.1) is 0 Å². The van der Waals surface area contributed by atoms with Crippen molar-refractivity contribution >= 4 is 33.2 Å². The van der Waals surface area contributed by atoms with Crippen LogP contribution in [0.25, 0.3) is 11.3 Å². The van der Waals surface area contributed by atoms with Crippen molar-refractivity contribution < 1.29 is 13.2 Å². The lowest BCUT2D eigenvalue weighted by Gasteiger charge is -2.13. The van der Waals surface area contributed by atoms with Gasteiger partial charge in [-0.05, 0) is 31.5 Å². The number of benzene rings is 1. The van der Waals surface area contributed by atoms with Crippen molar-refractivity contribution in [3.63, 3.8) is 0 Å². The van der Waals surface area contributed by atoms with E-state index in [2.05, 4.69) is 20.6 Å². The molecule has 0 spiro atoms. The number of hydrogen-bond acceptors (Lipinski definition) is 5. The van der Waals surface area contributed by atoms with Crippen LogP contribution in [0.4, 0.5) is 5.82 Å². The van der Waals surface area contributed by atoms with Crippen LogP contribution in [-0.4, -0.2) is 45.8 Å². The molecule has 4 rings (SSSR count). The first-order valence-electron chi connectivity index (χ1n) is 8.70. The highest BCUT2D eigenvalue weighted by atomic mass is 35.5. The summed E-state index contributed by atoms with van der Waals surface area (Å²) in [5, 5.41) is 14.7. The molecule has 8 nitrogen and oxygen atoms in total. The molecule has 1 saturated heterocycles. The van der Waals surface area contributed by atoms with Crippen LogP contribution in [-0.2, 0) is 9.84 Å². The standard InChI is InChI=1S/C18H18ClN5O3S/c1-11-8-17(24(23-11)14-6-7-28(26,27)10-14)20-18(25)16-9-15(21-22-16)12-2-4-13(19)5-3-12/h2-5,8-9,14H,6-7,10H2,1H3,(H,20,25)(H,21,22)/t14-/m0/s1. The average Bonchev–Trinajstić information content (AvgIpc) is 3.34. The molecule has 0 aliphatic carbocycles. The molecule has 0 saturated carbocycles. The highest BCUT2D eigenvalue weighted by Gasteiger charge is 2.31. The van der Waals surface area contributed by atoms with Crippen molar-refractivity contribution in [2.24, 2.45) is 0 Å². The van der Waals surface area contributed by atoms with Crippen LogP contribution in [0.3, 0.4) is 0 Å². The van der Waals surface area contributed by atoms with Gasteiger partial charge in [0.1, 0.15) is 11.5 Å². The Labute approximate surface area is 166 Å². The number of rotatable bonds is 4. The quantitative estimate of drug-likeness (QED) is 0.675. The van der Waals surface area contributed by atoms with Gasteiger partial charge in [-0.25, -0.2) is 13.1 Å². The molecule has 146 valence electrons. The molecule has 0 radical (unpaired) electrons. The molecule has 2 N–H and O–H groups in total. The zero-order valence-electron chi connectivity index (χ0n) is 15.0.